The molecule has 0 radical (unpaired) electrons. The highest BCUT2D eigenvalue weighted by molar-refractivity contribution is 6.30. The Morgan fingerprint density at radius 3 is 3.00 bits per heavy atom. The van der Waals surface area contributed by atoms with Gasteiger partial charge in [0.1, 0.15) is 5.75 Å². The average molecular weight is 270 g/mol. The van der Waals surface area contributed by atoms with E-state index in [0.717, 1.165) is 61.7 Å². The quantitative estimate of drug-likeness (QED) is 0.748. The van der Waals surface area contributed by atoms with Gasteiger partial charge < -0.3 is 15.2 Å². The third kappa shape index (κ3) is 3.61. The lowest BCUT2D eigenvalue weighted by Gasteiger charge is -2.10. The molecular formula is C14H20ClNO2. The monoisotopic (exact) mass is 269 g/mol. The summed E-state index contributed by atoms with van der Waals surface area (Å²) in [6, 6.07) is 3.97. The Balaban J connectivity index is 1.82. The molecule has 4 heteroatoms. The van der Waals surface area contributed by atoms with Gasteiger partial charge in [-0.2, -0.15) is 0 Å². The lowest BCUT2D eigenvalue weighted by Crippen LogP contribution is -2.15. The summed E-state index contributed by atoms with van der Waals surface area (Å²) >= 11 is 6.10. The van der Waals surface area contributed by atoms with Gasteiger partial charge in [0, 0.05) is 30.2 Å². The Morgan fingerprint density at radius 1 is 1.28 bits per heavy atom. The highest BCUT2D eigenvalue weighted by atomic mass is 35.5. The molecule has 2 rings (SSSR count). The van der Waals surface area contributed by atoms with Crippen molar-refractivity contribution >= 4 is 11.6 Å². The summed E-state index contributed by atoms with van der Waals surface area (Å²) in [5, 5.41) is 12.9. The van der Waals surface area contributed by atoms with E-state index in [1.807, 2.05) is 12.1 Å². The van der Waals surface area contributed by atoms with Crippen molar-refractivity contribution in [1.29, 1.82) is 0 Å². The van der Waals surface area contributed by atoms with Gasteiger partial charge in [-0.15, -0.1) is 0 Å². The second kappa shape index (κ2) is 6.98. The number of hydrogen-bond acceptors (Lipinski definition) is 3. The first-order chi connectivity index (χ1) is 8.81. The zero-order chi connectivity index (χ0) is 12.8. The first-order valence-corrected chi connectivity index (χ1v) is 6.94. The summed E-state index contributed by atoms with van der Waals surface area (Å²) in [5.74, 6) is 1.02. The molecule has 0 bridgehead atoms. The molecule has 0 saturated heterocycles. The summed E-state index contributed by atoms with van der Waals surface area (Å²) < 4.78 is 5.65. The maximum Gasteiger partial charge on any atom is 0.127 e. The molecule has 0 aromatic heterocycles. The number of hydrogen-bond donors (Lipinski definition) is 2. The largest absolute Gasteiger partial charge is 0.493 e. The summed E-state index contributed by atoms with van der Waals surface area (Å²) in [6.45, 7) is 2.80. The number of ether oxygens (including phenoxy) is 1. The second-order valence-electron chi connectivity index (χ2n) is 4.61. The van der Waals surface area contributed by atoms with Gasteiger partial charge in [-0.3, -0.25) is 0 Å². The molecule has 2 N–H and O–H groups in total. The summed E-state index contributed by atoms with van der Waals surface area (Å²) in [6.07, 6.45) is 3.99. The zero-order valence-electron chi connectivity index (χ0n) is 10.5. The van der Waals surface area contributed by atoms with Crippen molar-refractivity contribution in [1.82, 2.24) is 5.32 Å². The number of rotatable bonds is 7. The molecule has 0 aliphatic carbocycles. The van der Waals surface area contributed by atoms with Crippen LogP contribution in [0.1, 0.15) is 30.4 Å². The normalized spacial score (nSPS) is 13.4. The van der Waals surface area contributed by atoms with Crippen LogP contribution in [0.4, 0.5) is 0 Å². The lowest BCUT2D eigenvalue weighted by molar-refractivity contribution is 0.283. The molecule has 0 atom stereocenters. The fourth-order valence-corrected chi connectivity index (χ4v) is 2.50. The Bertz CT molecular complexity index is 396. The van der Waals surface area contributed by atoms with E-state index < -0.39 is 0 Å². The van der Waals surface area contributed by atoms with Crippen molar-refractivity contribution in [3.63, 3.8) is 0 Å². The Morgan fingerprint density at radius 2 is 2.17 bits per heavy atom. The molecule has 0 unspecified atom stereocenters. The van der Waals surface area contributed by atoms with E-state index >= 15 is 0 Å². The second-order valence-corrected chi connectivity index (χ2v) is 5.05. The summed E-state index contributed by atoms with van der Waals surface area (Å²) in [5.41, 5.74) is 2.37. The number of aliphatic hydroxyl groups is 1. The first-order valence-electron chi connectivity index (χ1n) is 6.57. The molecule has 3 nitrogen and oxygen atoms in total. The molecule has 0 amide bonds. The van der Waals surface area contributed by atoms with Crippen molar-refractivity contribution in [2.24, 2.45) is 0 Å². The number of nitrogens with one attached hydrogen (secondary N) is 1. The molecule has 0 fully saturated rings. The van der Waals surface area contributed by atoms with Crippen LogP contribution in [-0.2, 0) is 13.0 Å². The van der Waals surface area contributed by atoms with Crippen molar-refractivity contribution in [3.05, 3.63) is 28.3 Å². The molecule has 100 valence electrons. The van der Waals surface area contributed by atoms with Gasteiger partial charge >= 0.3 is 0 Å². The molecule has 1 aromatic rings. The molecule has 1 aliphatic rings. The van der Waals surface area contributed by atoms with E-state index in [1.54, 1.807) is 0 Å². The maximum atomic E-state index is 8.69. The Kier molecular flexibility index (Phi) is 5.29. The number of halogens is 1. The van der Waals surface area contributed by atoms with Crippen LogP contribution in [0.25, 0.3) is 0 Å². The number of aliphatic hydroxyl groups excluding tert-OH is 1. The van der Waals surface area contributed by atoms with Crippen LogP contribution in [-0.4, -0.2) is 24.9 Å². The fraction of sp³-hybridized carbons (Fsp3) is 0.571. The van der Waals surface area contributed by atoms with Gasteiger partial charge in [-0.1, -0.05) is 11.6 Å². The molecule has 0 spiro atoms. The zero-order valence-corrected chi connectivity index (χ0v) is 11.3. The van der Waals surface area contributed by atoms with E-state index in [0.29, 0.717) is 0 Å². The summed E-state index contributed by atoms with van der Waals surface area (Å²) in [4.78, 5) is 0. The van der Waals surface area contributed by atoms with E-state index in [4.69, 9.17) is 21.4 Å². The molecule has 1 aromatic carbocycles. The summed E-state index contributed by atoms with van der Waals surface area (Å²) in [7, 11) is 0. The highest BCUT2D eigenvalue weighted by Gasteiger charge is 2.16. The molecular weight excluding hydrogens is 250 g/mol. The smallest absolute Gasteiger partial charge is 0.127 e. The van der Waals surface area contributed by atoms with Gasteiger partial charge in [0.25, 0.3) is 0 Å². The van der Waals surface area contributed by atoms with E-state index in [-0.39, 0.29) is 6.61 Å². The van der Waals surface area contributed by atoms with Crippen molar-refractivity contribution in [2.45, 2.75) is 32.2 Å². The first kappa shape index (κ1) is 13.7. The van der Waals surface area contributed by atoms with Crippen molar-refractivity contribution in [3.8, 4) is 5.75 Å². The van der Waals surface area contributed by atoms with E-state index in [9.17, 15) is 0 Å². The van der Waals surface area contributed by atoms with Gasteiger partial charge in [0.15, 0.2) is 0 Å². The number of benzene rings is 1. The van der Waals surface area contributed by atoms with E-state index in [2.05, 4.69) is 5.32 Å². The van der Waals surface area contributed by atoms with Crippen LogP contribution in [0.15, 0.2) is 12.1 Å². The van der Waals surface area contributed by atoms with Crippen molar-refractivity contribution in [2.75, 3.05) is 19.8 Å². The van der Waals surface area contributed by atoms with Gasteiger partial charge in [-0.25, -0.2) is 0 Å². The van der Waals surface area contributed by atoms with Crippen LogP contribution in [0, 0.1) is 0 Å². The Labute approximate surface area is 113 Å². The minimum Gasteiger partial charge on any atom is -0.493 e. The standard InChI is InChI=1S/C14H20ClNO2/c15-13-8-11-4-7-18-14(11)12(9-13)10-16-5-2-1-3-6-17/h8-9,16-17H,1-7,10H2. The number of unbranched alkanes of at least 4 members (excludes halogenated alkanes) is 2. The highest BCUT2D eigenvalue weighted by Crippen LogP contribution is 2.32. The Hall–Kier alpha value is -0.770. The predicted molar refractivity (Wildman–Crippen MR) is 73.3 cm³/mol. The van der Waals surface area contributed by atoms with E-state index in [1.165, 1.54) is 5.56 Å². The third-order valence-corrected chi connectivity index (χ3v) is 3.37. The average Bonchev–Trinajstić information content (AvgIpc) is 2.81. The maximum absolute atomic E-state index is 8.69. The predicted octanol–water partition coefficient (Wildman–Crippen LogP) is 2.53. The number of fused-ring (bicyclic) bond motifs is 1. The molecule has 0 saturated carbocycles. The van der Waals surface area contributed by atoms with Crippen LogP contribution >= 0.6 is 11.6 Å². The minimum absolute atomic E-state index is 0.287. The fourth-order valence-electron chi connectivity index (χ4n) is 2.24. The molecule has 1 aliphatic heterocycles. The molecule has 1 heterocycles. The minimum atomic E-state index is 0.287. The third-order valence-electron chi connectivity index (χ3n) is 3.15. The topological polar surface area (TPSA) is 41.5 Å². The SMILES string of the molecule is OCCCCCNCc1cc(Cl)cc2c1OCC2. The van der Waals surface area contributed by atoms with Crippen LogP contribution in [0.2, 0.25) is 5.02 Å². The van der Waals surface area contributed by atoms with Crippen LogP contribution < -0.4 is 10.1 Å². The van der Waals surface area contributed by atoms with Gasteiger partial charge in [0.2, 0.25) is 0 Å². The lowest BCUT2D eigenvalue weighted by atomic mass is 10.1. The van der Waals surface area contributed by atoms with Crippen molar-refractivity contribution < 1.29 is 9.84 Å². The van der Waals surface area contributed by atoms with Gasteiger partial charge in [0.05, 0.1) is 6.61 Å². The van der Waals surface area contributed by atoms with Crippen LogP contribution in [0.3, 0.4) is 0 Å². The van der Waals surface area contributed by atoms with Gasteiger partial charge in [-0.05, 0) is 43.5 Å². The molecule has 18 heavy (non-hydrogen) atoms. The van der Waals surface area contributed by atoms with Crippen LogP contribution in [0.5, 0.6) is 5.75 Å².